The summed E-state index contributed by atoms with van der Waals surface area (Å²) in [4.78, 5) is 31.0. The number of carbonyl (C=O) groups excluding carboxylic acids is 1. The van der Waals surface area contributed by atoms with E-state index in [0.29, 0.717) is 25.2 Å². The van der Waals surface area contributed by atoms with Crippen molar-refractivity contribution in [2.45, 2.75) is 32.7 Å². The molecule has 3 heterocycles. The van der Waals surface area contributed by atoms with E-state index in [1.54, 1.807) is 18.3 Å². The van der Waals surface area contributed by atoms with Gasteiger partial charge in [-0.3, -0.25) is 14.6 Å². The maximum atomic E-state index is 12.7. The van der Waals surface area contributed by atoms with Crippen LogP contribution in [0.1, 0.15) is 36.8 Å². The SMILES string of the molecule is CC(C)(C)c1ccc(=O)n(CC2CN(C(=O)c3ccc4ncccc4c3)C2)n1. The summed E-state index contributed by atoms with van der Waals surface area (Å²) >= 11 is 0. The Hall–Kier alpha value is -3.02. The third-order valence-electron chi connectivity index (χ3n) is 5.16. The van der Waals surface area contributed by atoms with Crippen molar-refractivity contribution >= 4 is 16.8 Å². The van der Waals surface area contributed by atoms with E-state index in [0.717, 1.165) is 16.6 Å². The average Bonchev–Trinajstić information content (AvgIpc) is 2.63. The number of pyridine rings is 1. The van der Waals surface area contributed by atoms with Gasteiger partial charge >= 0.3 is 0 Å². The van der Waals surface area contributed by atoms with Crippen LogP contribution in [0.15, 0.2) is 53.5 Å². The molecule has 1 aliphatic heterocycles. The number of hydrogen-bond donors (Lipinski definition) is 0. The van der Waals surface area contributed by atoms with Crippen LogP contribution >= 0.6 is 0 Å². The molecule has 6 heteroatoms. The first-order valence-corrected chi connectivity index (χ1v) is 9.54. The third-order valence-corrected chi connectivity index (χ3v) is 5.16. The Kier molecular flexibility index (Phi) is 4.49. The Balaban J connectivity index is 1.43. The second-order valence-corrected chi connectivity index (χ2v) is 8.48. The maximum absolute atomic E-state index is 12.7. The molecule has 28 heavy (non-hydrogen) atoms. The van der Waals surface area contributed by atoms with Gasteiger partial charge in [0, 0.05) is 47.6 Å². The second kappa shape index (κ2) is 6.86. The third kappa shape index (κ3) is 3.54. The summed E-state index contributed by atoms with van der Waals surface area (Å²) in [7, 11) is 0. The molecule has 0 unspecified atom stereocenters. The molecule has 144 valence electrons. The molecular weight excluding hydrogens is 352 g/mol. The molecule has 4 rings (SSSR count). The summed E-state index contributed by atoms with van der Waals surface area (Å²) in [6, 6.07) is 12.8. The molecule has 0 atom stereocenters. The molecule has 1 saturated heterocycles. The van der Waals surface area contributed by atoms with Gasteiger partial charge in [-0.05, 0) is 30.3 Å². The van der Waals surface area contributed by atoms with Gasteiger partial charge in [0.2, 0.25) is 0 Å². The van der Waals surface area contributed by atoms with Crippen LogP contribution in [-0.4, -0.2) is 38.7 Å². The molecule has 1 amide bonds. The topological polar surface area (TPSA) is 68.1 Å². The van der Waals surface area contributed by atoms with Crippen LogP contribution in [0.25, 0.3) is 10.9 Å². The van der Waals surface area contributed by atoms with Gasteiger partial charge in [-0.25, -0.2) is 4.68 Å². The van der Waals surface area contributed by atoms with Gasteiger partial charge in [0.1, 0.15) is 0 Å². The Morgan fingerprint density at radius 3 is 2.68 bits per heavy atom. The minimum Gasteiger partial charge on any atom is -0.338 e. The molecule has 1 aliphatic rings. The van der Waals surface area contributed by atoms with Gasteiger partial charge in [0.15, 0.2) is 0 Å². The normalized spacial score (nSPS) is 14.9. The lowest BCUT2D eigenvalue weighted by Gasteiger charge is -2.39. The smallest absolute Gasteiger partial charge is 0.266 e. The van der Waals surface area contributed by atoms with Crippen molar-refractivity contribution in [2.24, 2.45) is 5.92 Å². The minimum atomic E-state index is -0.109. The minimum absolute atomic E-state index is 0.0192. The number of carbonyl (C=O) groups is 1. The summed E-state index contributed by atoms with van der Waals surface area (Å²) in [6.45, 7) is 8.04. The number of nitrogens with zero attached hydrogens (tertiary/aromatic N) is 4. The van der Waals surface area contributed by atoms with E-state index in [1.165, 1.54) is 4.68 Å². The van der Waals surface area contributed by atoms with E-state index >= 15 is 0 Å². The Labute approximate surface area is 163 Å². The largest absolute Gasteiger partial charge is 0.338 e. The molecule has 2 aromatic heterocycles. The highest BCUT2D eigenvalue weighted by molar-refractivity contribution is 5.98. The van der Waals surface area contributed by atoms with Gasteiger partial charge in [0.25, 0.3) is 11.5 Å². The van der Waals surface area contributed by atoms with Gasteiger partial charge in [-0.15, -0.1) is 0 Å². The van der Waals surface area contributed by atoms with E-state index in [2.05, 4.69) is 30.9 Å². The van der Waals surface area contributed by atoms with Crippen LogP contribution in [0.4, 0.5) is 0 Å². The molecule has 0 N–H and O–H groups in total. The van der Waals surface area contributed by atoms with Gasteiger partial charge < -0.3 is 4.90 Å². The van der Waals surface area contributed by atoms with Crippen molar-refractivity contribution in [1.82, 2.24) is 19.7 Å². The highest BCUT2D eigenvalue weighted by Gasteiger charge is 2.32. The Morgan fingerprint density at radius 1 is 1.14 bits per heavy atom. The molecule has 1 aromatic carbocycles. The number of fused-ring (bicyclic) bond motifs is 1. The van der Waals surface area contributed by atoms with Gasteiger partial charge in [-0.2, -0.15) is 5.10 Å². The molecule has 6 nitrogen and oxygen atoms in total. The van der Waals surface area contributed by atoms with Crippen molar-refractivity contribution in [3.63, 3.8) is 0 Å². The number of rotatable bonds is 3. The lowest BCUT2D eigenvalue weighted by atomic mass is 9.92. The molecule has 0 radical (unpaired) electrons. The number of likely N-dealkylation sites (tertiary alicyclic amines) is 1. The van der Waals surface area contributed by atoms with Crippen molar-refractivity contribution in [3.05, 3.63) is 70.3 Å². The second-order valence-electron chi connectivity index (χ2n) is 8.48. The van der Waals surface area contributed by atoms with Crippen LogP contribution in [0.5, 0.6) is 0 Å². The molecule has 0 aliphatic carbocycles. The predicted molar refractivity (Wildman–Crippen MR) is 108 cm³/mol. The van der Waals surface area contributed by atoms with E-state index < -0.39 is 0 Å². The number of aromatic nitrogens is 3. The van der Waals surface area contributed by atoms with Crippen LogP contribution in [0, 0.1) is 5.92 Å². The first-order valence-electron chi connectivity index (χ1n) is 9.54. The number of hydrogen-bond acceptors (Lipinski definition) is 4. The molecule has 0 spiro atoms. The highest BCUT2D eigenvalue weighted by Crippen LogP contribution is 2.23. The highest BCUT2D eigenvalue weighted by atomic mass is 16.2. The molecule has 0 bridgehead atoms. The Bertz CT molecular complexity index is 1090. The fourth-order valence-corrected chi connectivity index (χ4v) is 3.47. The summed E-state index contributed by atoms with van der Waals surface area (Å²) < 4.78 is 1.54. The van der Waals surface area contributed by atoms with E-state index in [1.807, 2.05) is 35.2 Å². The summed E-state index contributed by atoms with van der Waals surface area (Å²) in [5.74, 6) is 0.261. The lowest BCUT2D eigenvalue weighted by molar-refractivity contribution is 0.0458. The maximum Gasteiger partial charge on any atom is 0.266 e. The zero-order valence-corrected chi connectivity index (χ0v) is 16.4. The summed E-state index contributed by atoms with van der Waals surface area (Å²) in [5.41, 5.74) is 2.24. The monoisotopic (exact) mass is 376 g/mol. The zero-order valence-electron chi connectivity index (χ0n) is 16.4. The van der Waals surface area contributed by atoms with Crippen molar-refractivity contribution < 1.29 is 4.79 Å². The van der Waals surface area contributed by atoms with Gasteiger partial charge in [-0.1, -0.05) is 26.8 Å². The molecule has 0 saturated carbocycles. The standard InChI is InChI=1S/C22H24N4O2/c1-22(2,3)19-8-9-20(27)26(24-19)14-15-12-25(13-15)21(28)17-6-7-18-16(11-17)5-4-10-23-18/h4-11,15H,12-14H2,1-3H3. The van der Waals surface area contributed by atoms with Crippen molar-refractivity contribution in [2.75, 3.05) is 13.1 Å². The fraction of sp³-hybridized carbons (Fsp3) is 0.364. The molecule has 3 aromatic rings. The van der Waals surface area contributed by atoms with Crippen LogP contribution in [-0.2, 0) is 12.0 Å². The number of benzene rings is 1. The average molecular weight is 376 g/mol. The lowest BCUT2D eigenvalue weighted by Crippen LogP contribution is -2.52. The first kappa shape index (κ1) is 18.3. The van der Waals surface area contributed by atoms with Crippen LogP contribution < -0.4 is 5.56 Å². The summed E-state index contributed by atoms with van der Waals surface area (Å²) in [5, 5.41) is 5.48. The van der Waals surface area contributed by atoms with Crippen LogP contribution in [0.2, 0.25) is 0 Å². The first-order chi connectivity index (χ1) is 13.3. The number of amides is 1. The predicted octanol–water partition coefficient (Wildman–Crippen LogP) is 2.86. The van der Waals surface area contributed by atoms with Crippen molar-refractivity contribution in [3.8, 4) is 0 Å². The van der Waals surface area contributed by atoms with Crippen molar-refractivity contribution in [1.29, 1.82) is 0 Å². The zero-order chi connectivity index (χ0) is 19.9. The van der Waals surface area contributed by atoms with E-state index in [4.69, 9.17) is 0 Å². The van der Waals surface area contributed by atoms with Crippen LogP contribution in [0.3, 0.4) is 0 Å². The summed E-state index contributed by atoms with van der Waals surface area (Å²) in [6.07, 6.45) is 1.74. The Morgan fingerprint density at radius 2 is 1.93 bits per heavy atom. The van der Waals surface area contributed by atoms with E-state index in [9.17, 15) is 9.59 Å². The van der Waals surface area contributed by atoms with E-state index in [-0.39, 0.29) is 22.8 Å². The molecular formula is C22H24N4O2. The van der Waals surface area contributed by atoms with Gasteiger partial charge in [0.05, 0.1) is 17.8 Å². The fourth-order valence-electron chi connectivity index (χ4n) is 3.47. The quantitative estimate of drug-likeness (QED) is 0.705. The molecule has 1 fully saturated rings.